The van der Waals surface area contributed by atoms with Gasteiger partial charge >= 0.3 is 5.97 Å². The molecule has 1 unspecified atom stereocenters. The first-order valence-electron chi connectivity index (χ1n) is 8.20. The number of hydrogen-bond acceptors (Lipinski definition) is 3. The van der Waals surface area contributed by atoms with Crippen molar-refractivity contribution < 1.29 is 14.3 Å². The molecule has 21 heavy (non-hydrogen) atoms. The standard InChI is InChI=1S/C17H31NO3/c1-6-9-16(4,15(20)21-5)18-14(19)17(12-13(2)3)10-7-8-11-17/h13H,6-12H2,1-5H3,(H,18,19). The Morgan fingerprint density at radius 1 is 1.29 bits per heavy atom. The van der Waals surface area contributed by atoms with E-state index >= 15 is 0 Å². The molecule has 1 saturated carbocycles. The molecular formula is C17H31NO3. The second-order valence-corrected chi connectivity index (χ2v) is 7.11. The van der Waals surface area contributed by atoms with Gasteiger partial charge in [0.15, 0.2) is 0 Å². The molecule has 0 bridgehead atoms. The molecule has 1 aliphatic rings. The third-order valence-electron chi connectivity index (χ3n) is 4.62. The van der Waals surface area contributed by atoms with Crippen molar-refractivity contribution in [3.05, 3.63) is 0 Å². The number of methoxy groups -OCH3 is 1. The molecule has 0 aromatic carbocycles. The fraction of sp³-hybridized carbons (Fsp3) is 0.882. The van der Waals surface area contributed by atoms with E-state index in [9.17, 15) is 9.59 Å². The van der Waals surface area contributed by atoms with Crippen LogP contribution in [0, 0.1) is 11.3 Å². The largest absolute Gasteiger partial charge is 0.467 e. The Hall–Kier alpha value is -1.06. The van der Waals surface area contributed by atoms with Crippen LogP contribution in [-0.4, -0.2) is 24.5 Å². The SMILES string of the molecule is CCCC(C)(NC(=O)C1(CC(C)C)CCCC1)C(=O)OC. The molecule has 4 nitrogen and oxygen atoms in total. The summed E-state index contributed by atoms with van der Waals surface area (Å²) < 4.78 is 4.89. The normalized spacial score (nSPS) is 20.1. The van der Waals surface area contributed by atoms with E-state index in [0.717, 1.165) is 38.5 Å². The first kappa shape index (κ1) is 18.0. The Labute approximate surface area is 129 Å². The van der Waals surface area contributed by atoms with E-state index in [-0.39, 0.29) is 17.3 Å². The molecule has 1 rings (SSSR count). The lowest BCUT2D eigenvalue weighted by molar-refractivity contribution is -0.152. The summed E-state index contributed by atoms with van der Waals surface area (Å²) in [6.07, 6.45) is 6.38. The highest BCUT2D eigenvalue weighted by Gasteiger charge is 2.45. The number of rotatable bonds is 7. The number of ether oxygens (including phenoxy) is 1. The molecule has 0 radical (unpaired) electrons. The van der Waals surface area contributed by atoms with E-state index in [4.69, 9.17) is 4.74 Å². The molecule has 4 heteroatoms. The fourth-order valence-electron chi connectivity index (χ4n) is 3.68. The van der Waals surface area contributed by atoms with Gasteiger partial charge in [-0.05, 0) is 38.5 Å². The number of nitrogens with one attached hydrogen (secondary N) is 1. The van der Waals surface area contributed by atoms with Crippen molar-refractivity contribution in [2.75, 3.05) is 7.11 Å². The third kappa shape index (κ3) is 4.21. The minimum atomic E-state index is -0.910. The van der Waals surface area contributed by atoms with Crippen LogP contribution in [0.4, 0.5) is 0 Å². The quantitative estimate of drug-likeness (QED) is 0.732. The van der Waals surface area contributed by atoms with Crippen molar-refractivity contribution in [2.24, 2.45) is 11.3 Å². The highest BCUT2D eigenvalue weighted by molar-refractivity contribution is 5.90. The maximum absolute atomic E-state index is 12.9. The van der Waals surface area contributed by atoms with Gasteiger partial charge < -0.3 is 10.1 Å². The van der Waals surface area contributed by atoms with Crippen molar-refractivity contribution in [1.82, 2.24) is 5.32 Å². The van der Waals surface area contributed by atoms with Crippen LogP contribution in [0.15, 0.2) is 0 Å². The van der Waals surface area contributed by atoms with Crippen LogP contribution in [-0.2, 0) is 14.3 Å². The number of carbonyl (C=O) groups is 2. The molecule has 0 aromatic heterocycles. The topological polar surface area (TPSA) is 55.4 Å². The third-order valence-corrected chi connectivity index (χ3v) is 4.62. The predicted octanol–water partition coefficient (Wildman–Crippen LogP) is 3.44. The van der Waals surface area contributed by atoms with Gasteiger partial charge in [-0.2, -0.15) is 0 Å². The second kappa shape index (κ2) is 7.28. The van der Waals surface area contributed by atoms with Gasteiger partial charge in [-0.25, -0.2) is 4.79 Å². The average molecular weight is 297 g/mol. The Morgan fingerprint density at radius 3 is 2.29 bits per heavy atom. The number of hydrogen-bond donors (Lipinski definition) is 1. The minimum Gasteiger partial charge on any atom is -0.467 e. The van der Waals surface area contributed by atoms with Gasteiger partial charge in [0.05, 0.1) is 7.11 Å². The first-order chi connectivity index (χ1) is 9.79. The summed E-state index contributed by atoms with van der Waals surface area (Å²) in [6.45, 7) is 8.09. The molecule has 0 aliphatic heterocycles. The first-order valence-corrected chi connectivity index (χ1v) is 8.20. The van der Waals surface area contributed by atoms with Crippen LogP contribution in [0.25, 0.3) is 0 Å². The molecule has 0 aromatic rings. The molecule has 0 saturated heterocycles. The predicted molar refractivity (Wildman–Crippen MR) is 83.8 cm³/mol. The van der Waals surface area contributed by atoms with E-state index in [2.05, 4.69) is 19.2 Å². The van der Waals surface area contributed by atoms with E-state index in [1.54, 1.807) is 6.92 Å². The monoisotopic (exact) mass is 297 g/mol. The van der Waals surface area contributed by atoms with Crippen LogP contribution in [0.1, 0.15) is 72.6 Å². The summed E-state index contributed by atoms with van der Waals surface area (Å²) in [5.41, 5.74) is -1.20. The number of esters is 1. The summed E-state index contributed by atoms with van der Waals surface area (Å²) >= 11 is 0. The Morgan fingerprint density at radius 2 is 1.86 bits per heavy atom. The van der Waals surface area contributed by atoms with Gasteiger partial charge in [-0.3, -0.25) is 4.79 Å². The summed E-state index contributed by atoms with van der Waals surface area (Å²) in [6, 6.07) is 0. The van der Waals surface area contributed by atoms with Crippen LogP contribution in [0.3, 0.4) is 0 Å². The van der Waals surface area contributed by atoms with Gasteiger partial charge in [-0.15, -0.1) is 0 Å². The maximum Gasteiger partial charge on any atom is 0.331 e. The number of amides is 1. The van der Waals surface area contributed by atoms with Crippen molar-refractivity contribution in [3.63, 3.8) is 0 Å². The van der Waals surface area contributed by atoms with Crippen LogP contribution in [0.5, 0.6) is 0 Å². The Balaban J connectivity index is 2.91. The van der Waals surface area contributed by atoms with Crippen LogP contribution in [0.2, 0.25) is 0 Å². The molecule has 1 amide bonds. The Kier molecular flexibility index (Phi) is 6.24. The molecule has 0 spiro atoms. The van der Waals surface area contributed by atoms with E-state index in [1.165, 1.54) is 7.11 Å². The molecule has 0 heterocycles. The lowest BCUT2D eigenvalue weighted by atomic mass is 9.77. The lowest BCUT2D eigenvalue weighted by Crippen LogP contribution is -2.56. The van der Waals surface area contributed by atoms with Gasteiger partial charge in [-0.1, -0.05) is 40.0 Å². The minimum absolute atomic E-state index is 0.0371. The molecule has 1 atom stereocenters. The fourth-order valence-corrected chi connectivity index (χ4v) is 3.68. The van der Waals surface area contributed by atoms with Crippen molar-refractivity contribution in [1.29, 1.82) is 0 Å². The smallest absolute Gasteiger partial charge is 0.331 e. The van der Waals surface area contributed by atoms with E-state index < -0.39 is 5.54 Å². The summed E-state index contributed by atoms with van der Waals surface area (Å²) in [5.74, 6) is 0.162. The second-order valence-electron chi connectivity index (χ2n) is 7.11. The van der Waals surface area contributed by atoms with Crippen molar-refractivity contribution >= 4 is 11.9 Å². The molecule has 1 aliphatic carbocycles. The van der Waals surface area contributed by atoms with Crippen LogP contribution < -0.4 is 5.32 Å². The van der Waals surface area contributed by atoms with E-state index in [0.29, 0.717) is 12.3 Å². The van der Waals surface area contributed by atoms with Crippen molar-refractivity contribution in [3.8, 4) is 0 Å². The van der Waals surface area contributed by atoms with E-state index in [1.807, 2.05) is 6.92 Å². The summed E-state index contributed by atoms with van der Waals surface area (Å²) in [5, 5.41) is 3.02. The zero-order valence-corrected chi connectivity index (χ0v) is 14.3. The van der Waals surface area contributed by atoms with Gasteiger partial charge in [0.25, 0.3) is 0 Å². The lowest BCUT2D eigenvalue weighted by Gasteiger charge is -2.35. The zero-order valence-electron chi connectivity index (χ0n) is 14.3. The molecule has 1 fully saturated rings. The van der Waals surface area contributed by atoms with Gasteiger partial charge in [0.2, 0.25) is 5.91 Å². The molecule has 1 N–H and O–H groups in total. The summed E-state index contributed by atoms with van der Waals surface area (Å²) in [4.78, 5) is 25.0. The molecular weight excluding hydrogens is 266 g/mol. The van der Waals surface area contributed by atoms with Gasteiger partial charge in [0, 0.05) is 5.41 Å². The summed E-state index contributed by atoms with van der Waals surface area (Å²) in [7, 11) is 1.38. The highest BCUT2D eigenvalue weighted by Crippen LogP contribution is 2.43. The van der Waals surface area contributed by atoms with Gasteiger partial charge in [0.1, 0.15) is 5.54 Å². The Bertz CT molecular complexity index is 372. The van der Waals surface area contributed by atoms with Crippen molar-refractivity contribution in [2.45, 2.75) is 78.2 Å². The van der Waals surface area contributed by atoms with Crippen LogP contribution >= 0.6 is 0 Å². The molecule has 122 valence electrons. The maximum atomic E-state index is 12.9. The average Bonchev–Trinajstić information content (AvgIpc) is 2.86. The number of carbonyl (C=O) groups excluding carboxylic acids is 2. The highest BCUT2D eigenvalue weighted by atomic mass is 16.5. The zero-order chi connectivity index (χ0) is 16.1.